The van der Waals surface area contributed by atoms with E-state index < -0.39 is 5.79 Å². The first-order chi connectivity index (χ1) is 5.17. The van der Waals surface area contributed by atoms with E-state index in [0.29, 0.717) is 0 Å². The maximum Gasteiger partial charge on any atom is 0.164 e. The summed E-state index contributed by atoms with van der Waals surface area (Å²) in [7, 11) is 0. The lowest BCUT2D eigenvalue weighted by atomic mass is 10.1. The second kappa shape index (κ2) is 2.19. The smallest absolute Gasteiger partial charge is 0.164 e. The number of hydrogen-bond acceptors (Lipinski definition) is 2. The Bertz CT molecular complexity index is 194. The highest BCUT2D eigenvalue weighted by Crippen LogP contribution is 2.30. The molecule has 2 aliphatic rings. The minimum atomic E-state index is -0.422. The second-order valence-corrected chi connectivity index (χ2v) is 3.33. The third-order valence-electron chi connectivity index (χ3n) is 1.88. The van der Waals surface area contributed by atoms with Crippen molar-refractivity contribution in [1.82, 2.24) is 0 Å². The van der Waals surface area contributed by atoms with Crippen molar-refractivity contribution in [3.8, 4) is 0 Å². The Morgan fingerprint density at radius 2 is 1.45 bits per heavy atom. The van der Waals surface area contributed by atoms with Crippen LogP contribution in [0.3, 0.4) is 0 Å². The number of allylic oxidation sites excluding steroid dienone is 2. The van der Waals surface area contributed by atoms with E-state index in [0.717, 1.165) is 0 Å². The molecule has 2 heteroatoms. The normalized spacial score (nSPS) is 39.1. The van der Waals surface area contributed by atoms with Crippen LogP contribution in [0.1, 0.15) is 13.8 Å². The van der Waals surface area contributed by atoms with Gasteiger partial charge in [-0.25, -0.2) is 0 Å². The summed E-state index contributed by atoms with van der Waals surface area (Å²) >= 11 is 0. The predicted molar refractivity (Wildman–Crippen MR) is 42.1 cm³/mol. The summed E-state index contributed by atoms with van der Waals surface area (Å²) in [4.78, 5) is 0. The molecule has 0 spiro atoms. The summed E-state index contributed by atoms with van der Waals surface area (Å²) in [5.74, 6) is -0.422. The molecule has 0 N–H and O–H groups in total. The van der Waals surface area contributed by atoms with Gasteiger partial charge in [0.15, 0.2) is 5.79 Å². The Kier molecular flexibility index (Phi) is 1.41. The Morgan fingerprint density at radius 1 is 1.00 bits per heavy atom. The molecule has 0 saturated carbocycles. The Morgan fingerprint density at radius 3 is 1.91 bits per heavy atom. The van der Waals surface area contributed by atoms with E-state index in [2.05, 4.69) is 0 Å². The quantitative estimate of drug-likeness (QED) is 0.525. The fourth-order valence-electron chi connectivity index (χ4n) is 1.46. The van der Waals surface area contributed by atoms with Crippen molar-refractivity contribution in [2.24, 2.45) is 0 Å². The average Bonchev–Trinajstić information content (AvgIpc) is 2.21. The van der Waals surface area contributed by atoms with Crippen molar-refractivity contribution in [3.63, 3.8) is 0 Å². The van der Waals surface area contributed by atoms with E-state index in [1.54, 1.807) is 0 Å². The zero-order valence-electron chi connectivity index (χ0n) is 6.78. The monoisotopic (exact) mass is 152 g/mol. The highest BCUT2D eigenvalue weighted by Gasteiger charge is 2.38. The van der Waals surface area contributed by atoms with Gasteiger partial charge in [-0.05, 0) is 13.8 Å². The molecule has 0 aromatic heterocycles. The lowest BCUT2D eigenvalue weighted by molar-refractivity contribution is -0.138. The van der Waals surface area contributed by atoms with Gasteiger partial charge >= 0.3 is 0 Å². The Balaban J connectivity index is 2.18. The van der Waals surface area contributed by atoms with Crippen molar-refractivity contribution in [3.05, 3.63) is 24.3 Å². The van der Waals surface area contributed by atoms with Gasteiger partial charge in [-0.3, -0.25) is 0 Å². The van der Waals surface area contributed by atoms with E-state index in [4.69, 9.17) is 9.47 Å². The van der Waals surface area contributed by atoms with E-state index in [1.165, 1.54) is 0 Å². The third-order valence-corrected chi connectivity index (χ3v) is 1.88. The highest BCUT2D eigenvalue weighted by atomic mass is 16.7. The molecule has 1 heterocycles. The summed E-state index contributed by atoms with van der Waals surface area (Å²) in [5.41, 5.74) is 0. The fraction of sp³-hybridized carbons (Fsp3) is 0.556. The SMILES string of the molecule is CC1(C)OC2C=CC=C[C@@H]2O1. The van der Waals surface area contributed by atoms with Crippen LogP contribution in [0.5, 0.6) is 0 Å². The first-order valence-corrected chi connectivity index (χ1v) is 3.88. The second-order valence-electron chi connectivity index (χ2n) is 3.33. The molecule has 1 unspecified atom stereocenters. The van der Waals surface area contributed by atoms with Gasteiger partial charge in [-0.2, -0.15) is 0 Å². The summed E-state index contributed by atoms with van der Waals surface area (Å²) in [6.45, 7) is 3.88. The van der Waals surface area contributed by atoms with Crippen molar-refractivity contribution in [2.45, 2.75) is 31.8 Å². The van der Waals surface area contributed by atoms with Gasteiger partial charge < -0.3 is 9.47 Å². The molecule has 1 aliphatic heterocycles. The van der Waals surface area contributed by atoms with Gasteiger partial charge in [-0.1, -0.05) is 24.3 Å². The highest BCUT2D eigenvalue weighted by molar-refractivity contribution is 5.18. The van der Waals surface area contributed by atoms with E-state index in [1.807, 2.05) is 38.2 Å². The van der Waals surface area contributed by atoms with Crippen LogP contribution in [0, 0.1) is 0 Å². The minimum absolute atomic E-state index is 0.120. The zero-order valence-corrected chi connectivity index (χ0v) is 6.78. The van der Waals surface area contributed by atoms with Gasteiger partial charge in [0.2, 0.25) is 0 Å². The molecule has 0 amide bonds. The maximum atomic E-state index is 5.59. The Labute approximate surface area is 66.5 Å². The first kappa shape index (κ1) is 7.07. The van der Waals surface area contributed by atoms with Gasteiger partial charge in [0.1, 0.15) is 12.2 Å². The van der Waals surface area contributed by atoms with Crippen molar-refractivity contribution in [1.29, 1.82) is 0 Å². The van der Waals surface area contributed by atoms with Gasteiger partial charge in [-0.15, -0.1) is 0 Å². The van der Waals surface area contributed by atoms with E-state index in [9.17, 15) is 0 Å². The van der Waals surface area contributed by atoms with Crippen LogP contribution in [0.2, 0.25) is 0 Å². The van der Waals surface area contributed by atoms with Crippen molar-refractivity contribution < 1.29 is 9.47 Å². The molecule has 0 aromatic rings. The molecular formula is C9H12O2. The van der Waals surface area contributed by atoms with Gasteiger partial charge in [0.25, 0.3) is 0 Å². The summed E-state index contributed by atoms with van der Waals surface area (Å²) < 4.78 is 11.2. The number of rotatable bonds is 0. The fourth-order valence-corrected chi connectivity index (χ4v) is 1.46. The van der Waals surface area contributed by atoms with Crippen molar-refractivity contribution >= 4 is 0 Å². The molecular weight excluding hydrogens is 140 g/mol. The summed E-state index contributed by atoms with van der Waals surface area (Å²) in [5, 5.41) is 0. The van der Waals surface area contributed by atoms with Gasteiger partial charge in [0, 0.05) is 0 Å². The number of hydrogen-bond donors (Lipinski definition) is 0. The molecule has 0 bridgehead atoms. The lowest BCUT2D eigenvalue weighted by Crippen LogP contribution is -2.20. The van der Waals surface area contributed by atoms with Crippen LogP contribution in [0.15, 0.2) is 24.3 Å². The Hall–Kier alpha value is -0.600. The van der Waals surface area contributed by atoms with Crippen LogP contribution < -0.4 is 0 Å². The topological polar surface area (TPSA) is 18.5 Å². The standard InChI is InChI=1S/C9H12O2/c1-9(2)10-7-5-3-4-6-8(7)11-9/h3-8H,1-2H3/t7-,8?/m0/s1. The largest absolute Gasteiger partial charge is 0.340 e. The number of ether oxygens (including phenoxy) is 2. The summed E-state index contributed by atoms with van der Waals surface area (Å²) in [6.07, 6.45) is 8.28. The van der Waals surface area contributed by atoms with E-state index in [-0.39, 0.29) is 12.2 Å². The van der Waals surface area contributed by atoms with Crippen LogP contribution >= 0.6 is 0 Å². The first-order valence-electron chi connectivity index (χ1n) is 3.88. The van der Waals surface area contributed by atoms with Crippen LogP contribution in [0.25, 0.3) is 0 Å². The molecule has 0 aromatic carbocycles. The van der Waals surface area contributed by atoms with Crippen molar-refractivity contribution in [2.75, 3.05) is 0 Å². The molecule has 11 heavy (non-hydrogen) atoms. The molecule has 1 fully saturated rings. The molecule has 2 rings (SSSR count). The zero-order chi connectivity index (χ0) is 7.90. The summed E-state index contributed by atoms with van der Waals surface area (Å²) in [6, 6.07) is 0. The van der Waals surface area contributed by atoms with Gasteiger partial charge in [0.05, 0.1) is 0 Å². The minimum Gasteiger partial charge on any atom is -0.340 e. The van der Waals surface area contributed by atoms with Crippen LogP contribution in [-0.2, 0) is 9.47 Å². The molecule has 1 saturated heterocycles. The third kappa shape index (κ3) is 1.24. The molecule has 0 radical (unpaired) electrons. The lowest BCUT2D eigenvalue weighted by Gasteiger charge is -2.15. The number of fused-ring (bicyclic) bond motifs is 1. The van der Waals surface area contributed by atoms with Crippen LogP contribution in [-0.4, -0.2) is 18.0 Å². The predicted octanol–water partition coefficient (Wildman–Crippen LogP) is 1.63. The molecule has 60 valence electrons. The molecule has 2 atom stereocenters. The maximum absolute atomic E-state index is 5.59. The molecule has 1 aliphatic carbocycles. The average molecular weight is 152 g/mol. The van der Waals surface area contributed by atoms with E-state index >= 15 is 0 Å². The van der Waals surface area contributed by atoms with Crippen LogP contribution in [0.4, 0.5) is 0 Å². The molecule has 2 nitrogen and oxygen atoms in total.